The molecule has 0 bridgehead atoms. The third kappa shape index (κ3) is 4.83. The van der Waals surface area contributed by atoms with E-state index >= 15 is 0 Å². The zero-order chi connectivity index (χ0) is 20.1. The van der Waals surface area contributed by atoms with Gasteiger partial charge in [0.2, 0.25) is 11.8 Å². The van der Waals surface area contributed by atoms with E-state index in [9.17, 15) is 9.59 Å². The summed E-state index contributed by atoms with van der Waals surface area (Å²) in [7, 11) is 0. The average Bonchev–Trinajstić information content (AvgIpc) is 3.28. The van der Waals surface area contributed by atoms with E-state index in [4.69, 9.17) is 0 Å². The first kappa shape index (κ1) is 19.2. The number of benzene rings is 3. The predicted molar refractivity (Wildman–Crippen MR) is 117 cm³/mol. The minimum Gasteiger partial charge on any atom is -0.343 e. The van der Waals surface area contributed by atoms with Gasteiger partial charge in [-0.3, -0.25) is 9.59 Å². The van der Waals surface area contributed by atoms with Crippen molar-refractivity contribution >= 4 is 28.3 Å². The number of amides is 2. The number of carbonyl (C=O) groups excluding carboxylic acids is 2. The number of aryl methyl sites for hydroxylation is 1. The Morgan fingerprint density at radius 2 is 1.59 bits per heavy atom. The van der Waals surface area contributed by atoms with Gasteiger partial charge < -0.3 is 10.2 Å². The third-order valence-electron chi connectivity index (χ3n) is 5.55. The molecule has 0 radical (unpaired) electrons. The van der Waals surface area contributed by atoms with Crippen molar-refractivity contribution in [3.63, 3.8) is 0 Å². The van der Waals surface area contributed by atoms with E-state index in [1.165, 1.54) is 0 Å². The first-order valence-electron chi connectivity index (χ1n) is 10.3. The molecule has 1 aliphatic heterocycles. The lowest BCUT2D eigenvalue weighted by Crippen LogP contribution is -2.27. The van der Waals surface area contributed by atoms with Crippen molar-refractivity contribution in [3.05, 3.63) is 77.9 Å². The van der Waals surface area contributed by atoms with Crippen LogP contribution in [0.25, 0.3) is 10.8 Å². The normalized spacial score (nSPS) is 13.6. The van der Waals surface area contributed by atoms with Crippen molar-refractivity contribution in [3.8, 4) is 0 Å². The molecule has 1 N–H and O–H groups in total. The highest BCUT2D eigenvalue weighted by Gasteiger charge is 2.17. The summed E-state index contributed by atoms with van der Waals surface area (Å²) in [6.07, 6.45) is 3.87. The summed E-state index contributed by atoms with van der Waals surface area (Å²) in [5, 5.41) is 5.24. The highest BCUT2D eigenvalue weighted by atomic mass is 16.2. The maximum absolute atomic E-state index is 12.5. The molecule has 4 nitrogen and oxygen atoms in total. The Morgan fingerprint density at radius 1 is 0.862 bits per heavy atom. The van der Waals surface area contributed by atoms with Crippen molar-refractivity contribution in [2.24, 2.45) is 0 Å². The fourth-order valence-corrected chi connectivity index (χ4v) is 3.96. The van der Waals surface area contributed by atoms with Gasteiger partial charge in [-0.05, 0) is 53.3 Å². The Labute approximate surface area is 171 Å². The molecule has 0 unspecified atom stereocenters. The zero-order valence-electron chi connectivity index (χ0n) is 16.6. The van der Waals surface area contributed by atoms with E-state index in [0.717, 1.165) is 59.9 Å². The fourth-order valence-electron chi connectivity index (χ4n) is 3.96. The zero-order valence-corrected chi connectivity index (χ0v) is 16.6. The van der Waals surface area contributed by atoms with Crippen molar-refractivity contribution in [1.82, 2.24) is 4.90 Å². The van der Waals surface area contributed by atoms with Gasteiger partial charge in [-0.25, -0.2) is 0 Å². The highest BCUT2D eigenvalue weighted by molar-refractivity contribution is 5.96. The number of rotatable bonds is 6. The third-order valence-corrected chi connectivity index (χ3v) is 5.55. The van der Waals surface area contributed by atoms with Gasteiger partial charge in [0.15, 0.2) is 0 Å². The molecule has 0 aliphatic carbocycles. The first-order chi connectivity index (χ1) is 14.2. The highest BCUT2D eigenvalue weighted by Crippen LogP contribution is 2.20. The van der Waals surface area contributed by atoms with Gasteiger partial charge in [0, 0.05) is 25.2 Å². The van der Waals surface area contributed by atoms with Crippen LogP contribution in [0.15, 0.2) is 66.7 Å². The van der Waals surface area contributed by atoms with Crippen LogP contribution < -0.4 is 5.32 Å². The minimum atomic E-state index is -0.0293. The Bertz CT molecular complexity index is 1000. The summed E-state index contributed by atoms with van der Waals surface area (Å²) in [6, 6.07) is 22.0. The van der Waals surface area contributed by atoms with Crippen molar-refractivity contribution < 1.29 is 9.59 Å². The van der Waals surface area contributed by atoms with E-state index in [-0.39, 0.29) is 11.8 Å². The van der Waals surface area contributed by atoms with Crippen LogP contribution in [0.1, 0.15) is 30.4 Å². The molecule has 1 fully saturated rings. The van der Waals surface area contributed by atoms with Crippen LogP contribution in [0, 0.1) is 0 Å². The van der Waals surface area contributed by atoms with Crippen LogP contribution >= 0.6 is 0 Å². The largest absolute Gasteiger partial charge is 0.343 e. The molecular formula is C25H26N2O2. The van der Waals surface area contributed by atoms with E-state index in [1.807, 2.05) is 53.4 Å². The van der Waals surface area contributed by atoms with Gasteiger partial charge in [0.05, 0.1) is 6.42 Å². The van der Waals surface area contributed by atoms with Crippen molar-refractivity contribution in [1.29, 1.82) is 0 Å². The van der Waals surface area contributed by atoms with Crippen LogP contribution in [0.5, 0.6) is 0 Å². The molecule has 0 spiro atoms. The molecule has 3 aromatic carbocycles. The molecule has 1 aliphatic rings. The van der Waals surface area contributed by atoms with E-state index < -0.39 is 0 Å². The topological polar surface area (TPSA) is 49.4 Å². The first-order valence-corrected chi connectivity index (χ1v) is 10.3. The number of carbonyl (C=O) groups is 2. The van der Waals surface area contributed by atoms with E-state index in [0.29, 0.717) is 12.8 Å². The molecule has 148 valence electrons. The van der Waals surface area contributed by atoms with Crippen LogP contribution in [-0.2, 0) is 22.4 Å². The van der Waals surface area contributed by atoms with Gasteiger partial charge in [-0.2, -0.15) is 0 Å². The number of likely N-dealkylation sites (tertiary alicyclic amines) is 1. The van der Waals surface area contributed by atoms with Crippen molar-refractivity contribution in [2.45, 2.75) is 32.1 Å². The molecule has 0 saturated carbocycles. The Kier molecular flexibility index (Phi) is 5.89. The number of nitrogens with zero attached hydrogens (tertiary/aromatic N) is 1. The lowest BCUT2D eigenvalue weighted by atomic mass is 10.0. The Morgan fingerprint density at radius 3 is 2.38 bits per heavy atom. The lowest BCUT2D eigenvalue weighted by molar-refractivity contribution is -0.130. The molecule has 0 atom stereocenters. The molecule has 1 saturated heterocycles. The standard InChI is InChI=1S/C25H26N2O2/c28-24(18-21-8-5-7-20-6-1-2-9-23(20)21)26-22-13-10-19(11-14-22)12-15-25(29)27-16-3-4-17-27/h1-2,5-11,13-14H,3-4,12,15-18H2,(H,26,28). The van der Waals surface area contributed by atoms with E-state index in [1.54, 1.807) is 0 Å². The SMILES string of the molecule is O=C(Cc1cccc2ccccc12)Nc1ccc(CCC(=O)N2CCCC2)cc1. The summed E-state index contributed by atoms with van der Waals surface area (Å²) < 4.78 is 0. The fraction of sp³-hybridized carbons (Fsp3) is 0.280. The van der Waals surface area contributed by atoms with Crippen molar-refractivity contribution in [2.75, 3.05) is 18.4 Å². The minimum absolute atomic E-state index is 0.0293. The van der Waals surface area contributed by atoms with Gasteiger partial charge >= 0.3 is 0 Å². The quantitative estimate of drug-likeness (QED) is 0.674. The van der Waals surface area contributed by atoms with Crippen LogP contribution in [0.4, 0.5) is 5.69 Å². The molecule has 3 aromatic rings. The summed E-state index contributed by atoms with van der Waals surface area (Å²) in [4.78, 5) is 26.6. The average molecular weight is 386 g/mol. The Balaban J connectivity index is 1.32. The van der Waals surface area contributed by atoms with E-state index in [2.05, 4.69) is 23.5 Å². The van der Waals surface area contributed by atoms with Gasteiger partial charge in [0.25, 0.3) is 0 Å². The van der Waals surface area contributed by atoms with Gasteiger partial charge in [-0.15, -0.1) is 0 Å². The van der Waals surface area contributed by atoms with Crippen LogP contribution in [0.2, 0.25) is 0 Å². The van der Waals surface area contributed by atoms with Crippen LogP contribution in [0.3, 0.4) is 0 Å². The second-order valence-corrected chi connectivity index (χ2v) is 7.65. The number of hydrogen-bond acceptors (Lipinski definition) is 2. The van der Waals surface area contributed by atoms with Crippen LogP contribution in [-0.4, -0.2) is 29.8 Å². The summed E-state index contributed by atoms with van der Waals surface area (Å²) in [5.41, 5.74) is 2.92. The summed E-state index contributed by atoms with van der Waals surface area (Å²) >= 11 is 0. The predicted octanol–water partition coefficient (Wildman–Crippen LogP) is 4.58. The number of fused-ring (bicyclic) bond motifs is 1. The monoisotopic (exact) mass is 386 g/mol. The maximum atomic E-state index is 12.5. The number of nitrogens with one attached hydrogen (secondary N) is 1. The molecule has 4 heteroatoms. The molecule has 29 heavy (non-hydrogen) atoms. The molecular weight excluding hydrogens is 360 g/mol. The second kappa shape index (κ2) is 8.91. The van der Waals surface area contributed by atoms with Gasteiger partial charge in [-0.1, -0.05) is 54.6 Å². The second-order valence-electron chi connectivity index (χ2n) is 7.65. The maximum Gasteiger partial charge on any atom is 0.228 e. The molecule has 4 rings (SSSR count). The molecule has 2 amide bonds. The molecule has 0 aromatic heterocycles. The number of anilines is 1. The van der Waals surface area contributed by atoms with Gasteiger partial charge in [0.1, 0.15) is 0 Å². The summed E-state index contributed by atoms with van der Waals surface area (Å²) in [6.45, 7) is 1.81. The molecule has 1 heterocycles. The Hall–Kier alpha value is -3.14. The summed E-state index contributed by atoms with van der Waals surface area (Å²) in [5.74, 6) is 0.216. The number of hydrogen-bond donors (Lipinski definition) is 1. The lowest BCUT2D eigenvalue weighted by Gasteiger charge is -2.15. The smallest absolute Gasteiger partial charge is 0.228 e.